The molecule has 3 N–H and O–H groups in total. The van der Waals surface area contributed by atoms with Crippen molar-refractivity contribution < 1.29 is 0 Å². The Morgan fingerprint density at radius 3 is 2.79 bits per heavy atom. The van der Waals surface area contributed by atoms with Crippen molar-refractivity contribution in [2.75, 3.05) is 6.54 Å². The number of nitrogens with one attached hydrogen (secondary N) is 1. The number of aryl methyl sites for hydroxylation is 2. The Morgan fingerprint density at radius 2 is 2.07 bits per heavy atom. The zero-order valence-corrected chi connectivity index (χ0v) is 8.72. The fourth-order valence-electron chi connectivity index (χ4n) is 1.90. The summed E-state index contributed by atoms with van der Waals surface area (Å²) in [6, 6.07) is 6.51. The molecule has 1 heterocycles. The predicted molar refractivity (Wildman–Crippen MR) is 60.5 cm³/mol. The summed E-state index contributed by atoms with van der Waals surface area (Å²) in [6.07, 6.45) is 0.930. The van der Waals surface area contributed by atoms with Gasteiger partial charge in [-0.05, 0) is 37.6 Å². The monoisotopic (exact) mass is 188 g/mol. The molecule has 1 aromatic heterocycles. The van der Waals surface area contributed by atoms with Crippen molar-refractivity contribution >= 4 is 10.9 Å². The van der Waals surface area contributed by atoms with E-state index in [-0.39, 0.29) is 0 Å². The van der Waals surface area contributed by atoms with Gasteiger partial charge < -0.3 is 10.7 Å². The molecule has 0 atom stereocenters. The van der Waals surface area contributed by atoms with Gasteiger partial charge in [-0.3, -0.25) is 0 Å². The molecule has 0 aliphatic rings. The minimum Gasteiger partial charge on any atom is -0.358 e. The van der Waals surface area contributed by atoms with E-state index in [0.29, 0.717) is 6.54 Å². The second kappa shape index (κ2) is 3.46. The van der Waals surface area contributed by atoms with Gasteiger partial charge in [-0.1, -0.05) is 12.1 Å². The molecule has 2 rings (SSSR count). The van der Waals surface area contributed by atoms with Crippen LogP contribution in [0.2, 0.25) is 0 Å². The average Bonchev–Trinajstić information content (AvgIpc) is 2.44. The predicted octanol–water partition coefficient (Wildman–Crippen LogP) is 2.29. The second-order valence-electron chi connectivity index (χ2n) is 3.82. The third kappa shape index (κ3) is 1.42. The first-order valence-electron chi connectivity index (χ1n) is 5.00. The maximum absolute atomic E-state index is 5.56. The Hall–Kier alpha value is -1.28. The van der Waals surface area contributed by atoms with Gasteiger partial charge in [0, 0.05) is 23.0 Å². The highest BCUT2D eigenvalue weighted by Crippen LogP contribution is 2.22. The van der Waals surface area contributed by atoms with Crippen LogP contribution >= 0.6 is 0 Å². The Balaban J connectivity index is 2.61. The number of rotatable bonds is 2. The zero-order chi connectivity index (χ0) is 10.1. The molecule has 2 heteroatoms. The van der Waals surface area contributed by atoms with E-state index in [9.17, 15) is 0 Å². The minimum atomic E-state index is 0.701. The second-order valence-corrected chi connectivity index (χ2v) is 3.82. The molecule has 74 valence electrons. The summed E-state index contributed by atoms with van der Waals surface area (Å²) in [5.74, 6) is 0. The van der Waals surface area contributed by atoms with Gasteiger partial charge in [-0.2, -0.15) is 0 Å². The standard InChI is InChI=1S/C12H16N2/c1-8-3-4-10-9(2)11(5-6-13)14-12(10)7-8/h3-4,7,14H,5-6,13H2,1-2H3. The number of aromatic nitrogens is 1. The third-order valence-electron chi connectivity index (χ3n) is 2.71. The molecule has 0 spiro atoms. The molecule has 0 radical (unpaired) electrons. The molecule has 2 nitrogen and oxygen atoms in total. The van der Waals surface area contributed by atoms with Crippen LogP contribution in [-0.2, 0) is 6.42 Å². The summed E-state index contributed by atoms with van der Waals surface area (Å²) in [5.41, 5.74) is 10.7. The van der Waals surface area contributed by atoms with Crippen molar-refractivity contribution in [3.63, 3.8) is 0 Å². The van der Waals surface area contributed by atoms with Gasteiger partial charge in [0.25, 0.3) is 0 Å². The van der Waals surface area contributed by atoms with E-state index < -0.39 is 0 Å². The Bertz CT molecular complexity index is 455. The number of aromatic amines is 1. The fourth-order valence-corrected chi connectivity index (χ4v) is 1.90. The summed E-state index contributed by atoms with van der Waals surface area (Å²) < 4.78 is 0. The maximum Gasteiger partial charge on any atom is 0.0461 e. The molecular weight excluding hydrogens is 172 g/mol. The van der Waals surface area contributed by atoms with E-state index in [1.54, 1.807) is 0 Å². The van der Waals surface area contributed by atoms with Gasteiger partial charge in [0.1, 0.15) is 0 Å². The SMILES string of the molecule is Cc1ccc2c(C)c(CCN)[nH]c2c1. The quantitative estimate of drug-likeness (QED) is 0.746. The first-order chi connectivity index (χ1) is 6.72. The lowest BCUT2D eigenvalue weighted by molar-refractivity contribution is 0.930. The summed E-state index contributed by atoms with van der Waals surface area (Å²) in [7, 11) is 0. The van der Waals surface area contributed by atoms with Gasteiger partial charge in [-0.25, -0.2) is 0 Å². The number of hydrogen-bond acceptors (Lipinski definition) is 1. The van der Waals surface area contributed by atoms with Crippen molar-refractivity contribution in [2.24, 2.45) is 5.73 Å². The van der Waals surface area contributed by atoms with Crippen LogP contribution in [0, 0.1) is 13.8 Å². The van der Waals surface area contributed by atoms with E-state index in [2.05, 4.69) is 37.0 Å². The van der Waals surface area contributed by atoms with Crippen molar-refractivity contribution in [3.8, 4) is 0 Å². The molecule has 1 aromatic carbocycles. The summed E-state index contributed by atoms with van der Waals surface area (Å²) >= 11 is 0. The molecule has 0 fully saturated rings. The van der Waals surface area contributed by atoms with Gasteiger partial charge in [0.15, 0.2) is 0 Å². The molecule has 0 unspecified atom stereocenters. The van der Waals surface area contributed by atoms with Gasteiger partial charge in [-0.15, -0.1) is 0 Å². The van der Waals surface area contributed by atoms with E-state index in [1.807, 2.05) is 0 Å². The molecule has 0 amide bonds. The largest absolute Gasteiger partial charge is 0.358 e. The highest BCUT2D eigenvalue weighted by Gasteiger charge is 2.05. The molecular formula is C12H16N2. The average molecular weight is 188 g/mol. The summed E-state index contributed by atoms with van der Waals surface area (Å²) in [6.45, 7) is 4.96. The lowest BCUT2D eigenvalue weighted by Gasteiger charge is -1.95. The first kappa shape index (κ1) is 9.28. The number of benzene rings is 1. The Labute approximate surface area is 84.1 Å². The lowest BCUT2D eigenvalue weighted by atomic mass is 10.1. The first-order valence-corrected chi connectivity index (χ1v) is 5.00. The van der Waals surface area contributed by atoms with Crippen LogP contribution in [0.1, 0.15) is 16.8 Å². The minimum absolute atomic E-state index is 0.701. The van der Waals surface area contributed by atoms with Gasteiger partial charge >= 0.3 is 0 Å². The van der Waals surface area contributed by atoms with Crippen LogP contribution in [0.25, 0.3) is 10.9 Å². The van der Waals surface area contributed by atoms with Crippen LogP contribution < -0.4 is 5.73 Å². The normalized spacial score (nSPS) is 11.1. The molecule has 0 aliphatic heterocycles. The zero-order valence-electron chi connectivity index (χ0n) is 8.72. The molecule has 0 bridgehead atoms. The number of H-pyrrole nitrogens is 1. The Kier molecular flexibility index (Phi) is 2.30. The van der Waals surface area contributed by atoms with Crippen molar-refractivity contribution in [2.45, 2.75) is 20.3 Å². The lowest BCUT2D eigenvalue weighted by Crippen LogP contribution is -2.03. The van der Waals surface area contributed by atoms with E-state index in [0.717, 1.165) is 6.42 Å². The van der Waals surface area contributed by atoms with Crippen LogP contribution in [0.3, 0.4) is 0 Å². The number of nitrogens with two attached hydrogens (primary N) is 1. The van der Waals surface area contributed by atoms with Gasteiger partial charge in [0.05, 0.1) is 0 Å². The van der Waals surface area contributed by atoms with Crippen molar-refractivity contribution in [3.05, 3.63) is 35.0 Å². The maximum atomic E-state index is 5.56. The fraction of sp³-hybridized carbons (Fsp3) is 0.333. The molecule has 0 saturated heterocycles. The number of fused-ring (bicyclic) bond motifs is 1. The van der Waals surface area contributed by atoms with E-state index >= 15 is 0 Å². The van der Waals surface area contributed by atoms with Crippen molar-refractivity contribution in [1.29, 1.82) is 0 Å². The van der Waals surface area contributed by atoms with Crippen LogP contribution in [0.5, 0.6) is 0 Å². The molecule has 2 aromatic rings. The molecule has 0 saturated carbocycles. The topological polar surface area (TPSA) is 41.8 Å². The molecule has 0 aliphatic carbocycles. The van der Waals surface area contributed by atoms with Crippen LogP contribution in [-0.4, -0.2) is 11.5 Å². The highest BCUT2D eigenvalue weighted by molar-refractivity contribution is 5.84. The van der Waals surface area contributed by atoms with E-state index in [4.69, 9.17) is 5.73 Å². The van der Waals surface area contributed by atoms with Crippen LogP contribution in [0.4, 0.5) is 0 Å². The number of hydrogen-bond donors (Lipinski definition) is 2. The van der Waals surface area contributed by atoms with Crippen molar-refractivity contribution in [1.82, 2.24) is 4.98 Å². The third-order valence-corrected chi connectivity index (χ3v) is 2.71. The van der Waals surface area contributed by atoms with Gasteiger partial charge in [0.2, 0.25) is 0 Å². The van der Waals surface area contributed by atoms with Crippen LogP contribution in [0.15, 0.2) is 18.2 Å². The highest BCUT2D eigenvalue weighted by atomic mass is 14.7. The molecule has 14 heavy (non-hydrogen) atoms. The summed E-state index contributed by atoms with van der Waals surface area (Å²) in [5, 5.41) is 1.32. The Morgan fingerprint density at radius 1 is 1.29 bits per heavy atom. The summed E-state index contributed by atoms with van der Waals surface area (Å²) in [4.78, 5) is 3.43. The van der Waals surface area contributed by atoms with E-state index in [1.165, 1.54) is 27.7 Å². The smallest absolute Gasteiger partial charge is 0.0461 e.